The van der Waals surface area contributed by atoms with E-state index in [1.165, 1.54) is 18.3 Å². The first-order chi connectivity index (χ1) is 6.79. The van der Waals surface area contributed by atoms with E-state index in [4.69, 9.17) is 0 Å². The largest absolute Gasteiger partial charge is 0.131 e. The fourth-order valence-electron chi connectivity index (χ4n) is 1.31. The summed E-state index contributed by atoms with van der Waals surface area (Å²) in [7, 11) is 0. The van der Waals surface area contributed by atoms with E-state index < -0.39 is 0 Å². The van der Waals surface area contributed by atoms with Gasteiger partial charge in [-0.3, -0.25) is 0 Å². The molecule has 0 saturated carbocycles. The summed E-state index contributed by atoms with van der Waals surface area (Å²) in [6, 6.07) is 8.42. The number of halogens is 2. The van der Waals surface area contributed by atoms with E-state index >= 15 is 0 Å². The van der Waals surface area contributed by atoms with Gasteiger partial charge >= 0.3 is 0 Å². The van der Waals surface area contributed by atoms with Crippen LogP contribution in [0.1, 0.15) is 5.56 Å². The minimum Gasteiger partial charge on any atom is -0.0615 e. The monoisotopic (exact) mass is 405 g/mol. The molecule has 0 nitrogen and oxygen atoms in total. The topological polar surface area (TPSA) is 0 Å². The third-order valence-corrected chi connectivity index (χ3v) is 3.81. The quantitative estimate of drug-likeness (QED) is 0.481. The van der Waals surface area contributed by atoms with Crippen LogP contribution in [0.4, 0.5) is 0 Å². The normalized spacial score (nSPS) is 14.4. The molecule has 0 spiro atoms. The van der Waals surface area contributed by atoms with Crippen LogP contribution in [0.25, 0.3) is 5.57 Å². The summed E-state index contributed by atoms with van der Waals surface area (Å²) >= 11 is 4.71. The van der Waals surface area contributed by atoms with Crippen molar-refractivity contribution in [2.24, 2.45) is 0 Å². The van der Waals surface area contributed by atoms with Gasteiger partial charge < -0.3 is 0 Å². The first kappa shape index (κ1) is 10.3. The zero-order valence-corrected chi connectivity index (χ0v) is 11.6. The van der Waals surface area contributed by atoms with Gasteiger partial charge in [-0.25, -0.2) is 0 Å². The van der Waals surface area contributed by atoms with E-state index in [0.717, 1.165) is 0 Å². The highest BCUT2D eigenvalue weighted by atomic mass is 127. The summed E-state index contributed by atoms with van der Waals surface area (Å²) < 4.78 is 2.53. The number of hydrogen-bond acceptors (Lipinski definition) is 0. The molecule has 68 valence electrons. The van der Waals surface area contributed by atoms with Crippen molar-refractivity contribution in [3.05, 3.63) is 61.3 Å². The molecular weight excluding hydrogens is 398 g/mol. The average Bonchev–Trinajstić information content (AvgIpc) is 2.20. The Kier molecular flexibility index (Phi) is 3.36. The van der Waals surface area contributed by atoms with Crippen LogP contribution in [0.3, 0.4) is 0 Å². The highest BCUT2D eigenvalue weighted by molar-refractivity contribution is 14.1. The number of hydrogen-bond donors (Lipinski definition) is 0. The molecule has 2 heteroatoms. The van der Waals surface area contributed by atoms with Crippen molar-refractivity contribution >= 4 is 50.8 Å². The zero-order chi connectivity index (χ0) is 9.97. The van der Waals surface area contributed by atoms with Gasteiger partial charge in [-0.15, -0.1) is 0 Å². The maximum Gasteiger partial charge on any atom is 0.131 e. The van der Waals surface area contributed by atoms with E-state index in [-0.39, 0.29) is 0 Å². The second-order valence-electron chi connectivity index (χ2n) is 2.89. The summed E-state index contributed by atoms with van der Waals surface area (Å²) in [5.74, 6) is 0. The van der Waals surface area contributed by atoms with Crippen LogP contribution in [0.2, 0.25) is 0 Å². The molecule has 1 aliphatic carbocycles. The molecule has 0 aromatic heterocycles. The molecule has 2 rings (SSSR count). The Morgan fingerprint density at radius 1 is 1.07 bits per heavy atom. The Hall–Kier alpha value is -0.190. The predicted molar refractivity (Wildman–Crippen MR) is 77.1 cm³/mol. The molecule has 0 unspecified atom stereocenters. The van der Waals surface area contributed by atoms with Gasteiger partial charge in [0.25, 0.3) is 0 Å². The van der Waals surface area contributed by atoms with Gasteiger partial charge in [-0.1, -0.05) is 18.2 Å². The number of benzene rings is 1. The summed E-state index contributed by atoms with van der Waals surface area (Å²) in [5, 5.41) is 0. The van der Waals surface area contributed by atoms with E-state index in [2.05, 4.69) is 81.6 Å². The first-order valence-electron chi connectivity index (χ1n) is 4.19. The van der Waals surface area contributed by atoms with Gasteiger partial charge in [-0.2, -0.15) is 0 Å². The maximum absolute atomic E-state index is 3.08. The van der Waals surface area contributed by atoms with Crippen LogP contribution in [0, 0.1) is 9.65 Å². The fourth-order valence-corrected chi connectivity index (χ4v) is 2.64. The van der Waals surface area contributed by atoms with Crippen LogP contribution in [0.5, 0.6) is 0 Å². The summed E-state index contributed by atoms with van der Waals surface area (Å²) in [6.07, 6.45) is 9.16. The van der Waals surface area contributed by atoms with Crippen molar-refractivity contribution in [1.82, 2.24) is 0 Å². The Morgan fingerprint density at radius 3 is 2.57 bits per heavy atom. The lowest BCUT2D eigenvalue weighted by Crippen LogP contribution is -1.89. The SMILES string of the molecule is IC1=C(c2ccccc2I)C=C[C+]=C1. The van der Waals surface area contributed by atoms with Gasteiger partial charge in [0.2, 0.25) is 0 Å². The highest BCUT2D eigenvalue weighted by Crippen LogP contribution is 2.30. The molecule has 0 radical (unpaired) electrons. The van der Waals surface area contributed by atoms with Gasteiger partial charge in [-0.05, 0) is 28.7 Å². The first-order valence-corrected chi connectivity index (χ1v) is 6.35. The molecule has 1 aliphatic rings. The average molecular weight is 405 g/mol. The maximum atomic E-state index is 3.08. The summed E-state index contributed by atoms with van der Waals surface area (Å²) in [5.41, 5.74) is 2.58. The van der Waals surface area contributed by atoms with Crippen molar-refractivity contribution in [1.29, 1.82) is 0 Å². The second-order valence-corrected chi connectivity index (χ2v) is 5.21. The molecule has 0 amide bonds. The Bertz CT molecular complexity index is 439. The molecule has 1 aromatic rings. The number of allylic oxidation sites excluding steroid dienone is 6. The third kappa shape index (κ3) is 2.07. The lowest BCUT2D eigenvalue weighted by atomic mass is 10.0. The van der Waals surface area contributed by atoms with E-state index in [1.54, 1.807) is 0 Å². The van der Waals surface area contributed by atoms with Crippen molar-refractivity contribution < 1.29 is 0 Å². The van der Waals surface area contributed by atoms with Crippen LogP contribution >= 0.6 is 45.2 Å². The smallest absolute Gasteiger partial charge is 0.0615 e. The third-order valence-electron chi connectivity index (χ3n) is 1.98. The van der Waals surface area contributed by atoms with Gasteiger partial charge in [0.15, 0.2) is 0 Å². The zero-order valence-electron chi connectivity index (χ0n) is 7.30. The van der Waals surface area contributed by atoms with Crippen LogP contribution in [-0.4, -0.2) is 0 Å². The molecular formula is C12H7I2+. The van der Waals surface area contributed by atoms with Crippen molar-refractivity contribution in [3.63, 3.8) is 0 Å². The lowest BCUT2D eigenvalue weighted by Gasteiger charge is -2.02. The summed E-state index contributed by atoms with van der Waals surface area (Å²) in [6.45, 7) is 0. The van der Waals surface area contributed by atoms with Crippen LogP contribution < -0.4 is 0 Å². The molecule has 0 fully saturated rings. The summed E-state index contributed by atoms with van der Waals surface area (Å²) in [4.78, 5) is 0. The standard InChI is InChI=1S/C12H7I2/c13-11-7-3-1-5-9(11)10-6-2-4-8-12(10)14/h1-3,5-8H/q+1. The van der Waals surface area contributed by atoms with Gasteiger partial charge in [0, 0.05) is 37.8 Å². The van der Waals surface area contributed by atoms with Gasteiger partial charge in [0.05, 0.1) is 6.08 Å². The molecule has 0 bridgehead atoms. The lowest BCUT2D eigenvalue weighted by molar-refractivity contribution is 1.55. The molecule has 0 saturated heterocycles. The molecule has 0 N–H and O–H groups in total. The highest BCUT2D eigenvalue weighted by Gasteiger charge is 2.14. The van der Waals surface area contributed by atoms with E-state index in [9.17, 15) is 0 Å². The van der Waals surface area contributed by atoms with E-state index in [1.807, 2.05) is 12.2 Å². The minimum absolute atomic E-state index is 1.24. The second kappa shape index (κ2) is 4.55. The van der Waals surface area contributed by atoms with Crippen LogP contribution in [-0.2, 0) is 0 Å². The fraction of sp³-hybridized carbons (Fsp3) is 0. The van der Waals surface area contributed by atoms with Crippen molar-refractivity contribution in [2.45, 2.75) is 0 Å². The van der Waals surface area contributed by atoms with Gasteiger partial charge in [0.1, 0.15) is 21.3 Å². The number of rotatable bonds is 1. The Morgan fingerprint density at radius 2 is 1.86 bits per heavy atom. The van der Waals surface area contributed by atoms with Crippen molar-refractivity contribution in [3.8, 4) is 0 Å². The minimum atomic E-state index is 1.24. The Labute approximate surface area is 111 Å². The molecule has 0 atom stereocenters. The Balaban J connectivity index is 2.56. The molecule has 0 heterocycles. The molecule has 14 heavy (non-hydrogen) atoms. The molecule has 1 aromatic carbocycles. The predicted octanol–water partition coefficient (Wildman–Crippen LogP) is 4.37. The van der Waals surface area contributed by atoms with Crippen LogP contribution in [0.15, 0.2) is 46.1 Å². The van der Waals surface area contributed by atoms with Crippen molar-refractivity contribution in [2.75, 3.05) is 0 Å². The van der Waals surface area contributed by atoms with E-state index in [0.29, 0.717) is 0 Å². The molecule has 0 aliphatic heterocycles.